The lowest BCUT2D eigenvalue weighted by molar-refractivity contribution is -0.133. The topological polar surface area (TPSA) is 101 Å². The third-order valence-electron chi connectivity index (χ3n) is 5.02. The van der Waals surface area contributed by atoms with Gasteiger partial charge < -0.3 is 15.7 Å². The van der Waals surface area contributed by atoms with E-state index in [-0.39, 0.29) is 11.5 Å². The van der Waals surface area contributed by atoms with Crippen molar-refractivity contribution in [2.75, 3.05) is 0 Å². The largest absolute Gasteiger partial charge is 0.478 e. The zero-order valence-corrected chi connectivity index (χ0v) is 15.4. The number of carbonyl (C=O) groups is 1. The van der Waals surface area contributed by atoms with Crippen LogP contribution in [0.4, 0.5) is 0 Å². The van der Waals surface area contributed by atoms with Crippen LogP contribution < -0.4 is 5.73 Å². The Hall–Kier alpha value is -0.640. The first-order valence-corrected chi connectivity index (χ1v) is 10.3. The summed E-state index contributed by atoms with van der Waals surface area (Å²) < 4.78 is 11.9. The van der Waals surface area contributed by atoms with Gasteiger partial charge in [-0.1, -0.05) is 51.0 Å². The van der Waals surface area contributed by atoms with E-state index in [0.717, 1.165) is 50.5 Å². The summed E-state index contributed by atoms with van der Waals surface area (Å²) >= 11 is 0. The molecule has 0 aliphatic heterocycles. The molecule has 1 rings (SSSR count). The minimum atomic E-state index is -3.05. The lowest BCUT2D eigenvalue weighted by Crippen LogP contribution is -2.37. The number of hydrogen-bond acceptors (Lipinski definition) is 3. The van der Waals surface area contributed by atoms with Gasteiger partial charge in [0.2, 0.25) is 0 Å². The van der Waals surface area contributed by atoms with E-state index >= 15 is 0 Å². The Balaban J connectivity index is 3.05. The maximum atomic E-state index is 11.9. The smallest absolute Gasteiger partial charge is 0.332 e. The number of rotatable bonds is 9. The van der Waals surface area contributed by atoms with Crippen molar-refractivity contribution in [3.8, 4) is 0 Å². The SMILES string of the molecule is CCCCCC(N)C(/C(C(=O)O)=C(/C)C1CCCCC1)[PH](=O)O. The molecule has 0 aromatic heterocycles. The third kappa shape index (κ3) is 6.06. The molecular formula is C17H32NO4P. The van der Waals surface area contributed by atoms with E-state index in [2.05, 4.69) is 6.92 Å². The average molecular weight is 345 g/mol. The van der Waals surface area contributed by atoms with E-state index in [9.17, 15) is 19.4 Å². The van der Waals surface area contributed by atoms with Gasteiger partial charge in [0.1, 0.15) is 0 Å². The zero-order chi connectivity index (χ0) is 17.4. The number of aliphatic carboxylic acids is 1. The fourth-order valence-electron chi connectivity index (χ4n) is 3.62. The molecular weight excluding hydrogens is 313 g/mol. The van der Waals surface area contributed by atoms with Crippen LogP contribution in [0.1, 0.15) is 71.6 Å². The van der Waals surface area contributed by atoms with Gasteiger partial charge in [0.05, 0.1) is 11.2 Å². The van der Waals surface area contributed by atoms with E-state index in [1.807, 2.05) is 6.92 Å². The summed E-state index contributed by atoms with van der Waals surface area (Å²) in [4.78, 5) is 21.6. The fourth-order valence-corrected chi connectivity index (χ4v) is 4.75. The second-order valence-electron chi connectivity index (χ2n) is 6.71. The molecule has 0 aromatic carbocycles. The monoisotopic (exact) mass is 345 g/mol. The van der Waals surface area contributed by atoms with Crippen molar-refractivity contribution >= 4 is 14.0 Å². The van der Waals surface area contributed by atoms with Crippen molar-refractivity contribution in [3.05, 3.63) is 11.1 Å². The second-order valence-corrected chi connectivity index (χ2v) is 8.01. The van der Waals surface area contributed by atoms with Gasteiger partial charge in [0.15, 0.2) is 8.03 Å². The van der Waals surface area contributed by atoms with Crippen LogP contribution >= 0.6 is 8.03 Å². The van der Waals surface area contributed by atoms with Crippen LogP contribution in [0.15, 0.2) is 11.1 Å². The number of allylic oxidation sites excluding steroid dienone is 1. The molecule has 1 saturated carbocycles. The highest BCUT2D eigenvalue weighted by molar-refractivity contribution is 7.39. The average Bonchev–Trinajstić information content (AvgIpc) is 2.52. The molecule has 0 bridgehead atoms. The highest BCUT2D eigenvalue weighted by Gasteiger charge is 2.34. The first kappa shape index (κ1) is 20.4. The first-order valence-electron chi connectivity index (χ1n) is 8.82. The maximum Gasteiger partial charge on any atom is 0.332 e. The number of carboxylic acid groups (broad SMARTS) is 1. The summed E-state index contributed by atoms with van der Waals surface area (Å²) in [5, 5.41) is 9.67. The Labute approximate surface area is 140 Å². The summed E-state index contributed by atoms with van der Waals surface area (Å²) in [6.45, 7) is 3.89. The minimum absolute atomic E-state index is 0.104. The Kier molecular flexibility index (Phi) is 9.11. The Bertz CT molecular complexity index is 444. The van der Waals surface area contributed by atoms with E-state index in [1.165, 1.54) is 6.42 Å². The lowest BCUT2D eigenvalue weighted by Gasteiger charge is -2.28. The van der Waals surface area contributed by atoms with Crippen molar-refractivity contribution in [2.45, 2.75) is 83.3 Å². The van der Waals surface area contributed by atoms with Crippen molar-refractivity contribution < 1.29 is 19.4 Å². The molecule has 0 heterocycles. The predicted molar refractivity (Wildman–Crippen MR) is 94.0 cm³/mol. The molecule has 23 heavy (non-hydrogen) atoms. The van der Waals surface area contributed by atoms with Gasteiger partial charge in [-0.3, -0.25) is 4.57 Å². The van der Waals surface area contributed by atoms with Crippen molar-refractivity contribution in [1.29, 1.82) is 0 Å². The second kappa shape index (κ2) is 10.3. The normalized spacial score (nSPS) is 21.4. The van der Waals surface area contributed by atoms with E-state index in [1.54, 1.807) is 0 Å². The Morgan fingerprint density at radius 2 is 1.87 bits per heavy atom. The molecule has 6 heteroatoms. The van der Waals surface area contributed by atoms with Crippen molar-refractivity contribution in [3.63, 3.8) is 0 Å². The molecule has 0 saturated heterocycles. The molecule has 4 N–H and O–H groups in total. The van der Waals surface area contributed by atoms with E-state index in [0.29, 0.717) is 6.42 Å². The molecule has 0 amide bonds. The van der Waals surface area contributed by atoms with Crippen LogP contribution in [0.2, 0.25) is 0 Å². The molecule has 134 valence electrons. The van der Waals surface area contributed by atoms with Crippen LogP contribution in [0.25, 0.3) is 0 Å². The molecule has 5 nitrogen and oxygen atoms in total. The van der Waals surface area contributed by atoms with Crippen LogP contribution in [0.5, 0.6) is 0 Å². The van der Waals surface area contributed by atoms with Gasteiger partial charge in [0, 0.05) is 6.04 Å². The minimum Gasteiger partial charge on any atom is -0.478 e. The molecule has 1 aliphatic carbocycles. The van der Waals surface area contributed by atoms with Gasteiger partial charge in [-0.25, -0.2) is 4.79 Å². The highest BCUT2D eigenvalue weighted by atomic mass is 31.1. The third-order valence-corrected chi connectivity index (χ3v) is 6.27. The summed E-state index contributed by atoms with van der Waals surface area (Å²) in [6.07, 6.45) is 8.78. The molecule has 0 radical (unpaired) electrons. The van der Waals surface area contributed by atoms with Gasteiger partial charge in [-0.15, -0.1) is 0 Å². The Morgan fingerprint density at radius 3 is 2.35 bits per heavy atom. The van der Waals surface area contributed by atoms with Gasteiger partial charge in [-0.05, 0) is 32.1 Å². The highest BCUT2D eigenvalue weighted by Crippen LogP contribution is 2.39. The molecule has 3 atom stereocenters. The summed E-state index contributed by atoms with van der Waals surface area (Å²) in [5.74, 6) is -0.877. The van der Waals surface area contributed by atoms with Crippen molar-refractivity contribution in [2.24, 2.45) is 11.7 Å². The van der Waals surface area contributed by atoms with Gasteiger partial charge >= 0.3 is 5.97 Å². The standard InChI is InChI=1S/C17H32NO4P/c1-3-4-6-11-14(18)16(23(21)22)15(17(19)20)12(2)13-9-7-5-8-10-13/h13-14,16,23H,3-11,18H2,1-2H3,(H,19,20)(H,21,22)/b15-12+. The number of hydrogen-bond donors (Lipinski definition) is 3. The van der Waals surface area contributed by atoms with E-state index in [4.69, 9.17) is 5.73 Å². The van der Waals surface area contributed by atoms with E-state index < -0.39 is 25.7 Å². The van der Waals surface area contributed by atoms with Crippen molar-refractivity contribution in [1.82, 2.24) is 0 Å². The number of nitrogens with two attached hydrogens (primary N) is 1. The maximum absolute atomic E-state index is 11.9. The summed E-state index contributed by atoms with van der Waals surface area (Å²) in [5.41, 5.74) is 6.07. The van der Waals surface area contributed by atoms with Gasteiger partial charge in [-0.2, -0.15) is 0 Å². The Morgan fingerprint density at radius 1 is 1.26 bits per heavy atom. The molecule has 3 unspecified atom stereocenters. The molecule has 0 aromatic rings. The fraction of sp³-hybridized carbons (Fsp3) is 0.824. The molecule has 1 aliphatic rings. The first-order chi connectivity index (χ1) is 10.9. The molecule has 1 fully saturated rings. The van der Waals surface area contributed by atoms with Crippen LogP contribution in [-0.4, -0.2) is 27.7 Å². The number of unbranched alkanes of at least 4 members (excludes halogenated alkanes) is 2. The zero-order valence-electron chi connectivity index (χ0n) is 14.4. The number of carboxylic acids is 1. The van der Waals surface area contributed by atoms with Gasteiger partial charge in [0.25, 0.3) is 0 Å². The van der Waals surface area contributed by atoms with Crippen LogP contribution in [0, 0.1) is 5.92 Å². The summed E-state index contributed by atoms with van der Waals surface area (Å²) in [6, 6.07) is -0.567. The lowest BCUT2D eigenvalue weighted by atomic mass is 9.81. The van der Waals surface area contributed by atoms with Crippen LogP contribution in [0.3, 0.4) is 0 Å². The summed E-state index contributed by atoms with van der Waals surface area (Å²) in [7, 11) is -3.05. The molecule has 0 spiro atoms. The quantitative estimate of drug-likeness (QED) is 0.336. The van der Waals surface area contributed by atoms with Crippen LogP contribution in [-0.2, 0) is 9.36 Å². The predicted octanol–water partition coefficient (Wildman–Crippen LogP) is 3.71.